The number of hydrogen-bond donors (Lipinski definition) is 2. The first-order valence-electron chi connectivity index (χ1n) is 7.16. The number of aryl methyl sites for hydroxylation is 1. The van der Waals surface area contributed by atoms with E-state index in [1.54, 1.807) is 0 Å². The maximum absolute atomic E-state index is 5.88. The van der Waals surface area contributed by atoms with Crippen molar-refractivity contribution in [3.63, 3.8) is 0 Å². The maximum atomic E-state index is 5.88. The molecule has 110 valence electrons. The Morgan fingerprint density at radius 1 is 1.19 bits per heavy atom. The molecule has 1 aliphatic rings. The molecule has 3 N–H and O–H groups in total. The lowest BCUT2D eigenvalue weighted by atomic mass is 10.1. The van der Waals surface area contributed by atoms with Crippen molar-refractivity contribution in [3.05, 3.63) is 52.0 Å². The molecular formula is C17H20BrN3. The van der Waals surface area contributed by atoms with Gasteiger partial charge >= 0.3 is 0 Å². The van der Waals surface area contributed by atoms with Gasteiger partial charge in [-0.3, -0.25) is 0 Å². The fraction of sp³-hybridized carbons (Fsp3) is 0.294. The molecule has 3 nitrogen and oxygen atoms in total. The van der Waals surface area contributed by atoms with Gasteiger partial charge in [-0.15, -0.1) is 0 Å². The number of nitrogen functional groups attached to an aromatic ring is 1. The summed E-state index contributed by atoms with van der Waals surface area (Å²) in [7, 11) is 4.13. The third-order valence-electron chi connectivity index (χ3n) is 4.01. The minimum Gasteiger partial charge on any atom is -0.399 e. The summed E-state index contributed by atoms with van der Waals surface area (Å²) in [5.74, 6) is 0. The van der Waals surface area contributed by atoms with Crippen LogP contribution in [0.1, 0.15) is 23.6 Å². The third-order valence-corrected chi connectivity index (χ3v) is 4.51. The molecule has 0 aromatic heterocycles. The Hall–Kier alpha value is -1.68. The van der Waals surface area contributed by atoms with Gasteiger partial charge in [-0.05, 0) is 54.3 Å². The van der Waals surface area contributed by atoms with Gasteiger partial charge < -0.3 is 16.0 Å². The third kappa shape index (κ3) is 2.86. The smallest absolute Gasteiger partial charge is 0.0597 e. The van der Waals surface area contributed by atoms with Crippen LogP contribution in [0.2, 0.25) is 0 Å². The standard InChI is InChI=1S/C17H20BrN3/c1-21(2)17-8-4-12(18)10-16(17)20-15-7-3-11-9-13(19)5-6-14(11)15/h4-6,8-10,15,20H,3,7,19H2,1-2H3. The topological polar surface area (TPSA) is 41.3 Å². The Bertz CT molecular complexity index is 667. The van der Waals surface area contributed by atoms with Crippen LogP contribution in [0.15, 0.2) is 40.9 Å². The monoisotopic (exact) mass is 345 g/mol. The molecule has 3 rings (SSSR count). The van der Waals surface area contributed by atoms with E-state index < -0.39 is 0 Å². The highest BCUT2D eigenvalue weighted by molar-refractivity contribution is 9.10. The predicted octanol–water partition coefficient (Wildman–Crippen LogP) is 4.20. The first kappa shape index (κ1) is 14.3. The molecule has 0 saturated heterocycles. The molecule has 0 fully saturated rings. The minimum atomic E-state index is 0.355. The molecule has 2 aromatic rings. The van der Waals surface area contributed by atoms with Gasteiger partial charge in [0.1, 0.15) is 0 Å². The number of rotatable bonds is 3. The van der Waals surface area contributed by atoms with Crippen molar-refractivity contribution in [3.8, 4) is 0 Å². The Labute approximate surface area is 134 Å². The van der Waals surface area contributed by atoms with Crippen LogP contribution in [0.5, 0.6) is 0 Å². The Kier molecular flexibility index (Phi) is 3.81. The zero-order chi connectivity index (χ0) is 15.0. The second kappa shape index (κ2) is 5.60. The highest BCUT2D eigenvalue weighted by Gasteiger charge is 2.23. The number of nitrogens with one attached hydrogen (secondary N) is 1. The first-order chi connectivity index (χ1) is 10.0. The zero-order valence-electron chi connectivity index (χ0n) is 12.4. The van der Waals surface area contributed by atoms with E-state index in [1.807, 2.05) is 6.07 Å². The van der Waals surface area contributed by atoms with Gasteiger partial charge in [0.05, 0.1) is 17.4 Å². The molecule has 0 amide bonds. The Morgan fingerprint density at radius 3 is 2.76 bits per heavy atom. The van der Waals surface area contributed by atoms with Gasteiger partial charge in [0.2, 0.25) is 0 Å². The molecule has 4 heteroatoms. The van der Waals surface area contributed by atoms with Gasteiger partial charge in [0.15, 0.2) is 0 Å². The van der Waals surface area contributed by atoms with Crippen molar-refractivity contribution >= 4 is 33.0 Å². The highest BCUT2D eigenvalue weighted by Crippen LogP contribution is 2.38. The van der Waals surface area contributed by atoms with E-state index in [9.17, 15) is 0 Å². The van der Waals surface area contributed by atoms with E-state index >= 15 is 0 Å². The molecule has 0 heterocycles. The van der Waals surface area contributed by atoms with Gasteiger partial charge in [0.25, 0.3) is 0 Å². The van der Waals surface area contributed by atoms with Crippen molar-refractivity contribution in [1.82, 2.24) is 0 Å². The van der Waals surface area contributed by atoms with Gasteiger partial charge in [-0.2, -0.15) is 0 Å². The van der Waals surface area contributed by atoms with Crippen LogP contribution in [-0.4, -0.2) is 14.1 Å². The highest BCUT2D eigenvalue weighted by atomic mass is 79.9. The quantitative estimate of drug-likeness (QED) is 0.819. The zero-order valence-corrected chi connectivity index (χ0v) is 13.9. The molecule has 0 spiro atoms. The molecule has 0 radical (unpaired) electrons. The van der Waals surface area contributed by atoms with Crippen molar-refractivity contribution < 1.29 is 0 Å². The predicted molar refractivity (Wildman–Crippen MR) is 94.0 cm³/mol. The number of nitrogens with two attached hydrogens (primary N) is 1. The second-order valence-electron chi connectivity index (χ2n) is 5.75. The molecule has 1 atom stereocenters. The van der Waals surface area contributed by atoms with E-state index in [0.29, 0.717) is 6.04 Å². The summed E-state index contributed by atoms with van der Waals surface area (Å²) < 4.78 is 1.09. The normalized spacial score (nSPS) is 16.6. The number of hydrogen-bond acceptors (Lipinski definition) is 3. The summed E-state index contributed by atoms with van der Waals surface area (Å²) in [4.78, 5) is 2.13. The molecule has 2 aromatic carbocycles. The second-order valence-corrected chi connectivity index (χ2v) is 6.67. The molecule has 0 aliphatic heterocycles. The minimum absolute atomic E-state index is 0.355. The van der Waals surface area contributed by atoms with Crippen LogP contribution in [0.25, 0.3) is 0 Å². The van der Waals surface area contributed by atoms with E-state index in [4.69, 9.17) is 5.73 Å². The van der Waals surface area contributed by atoms with Gasteiger partial charge in [0, 0.05) is 24.3 Å². The Balaban J connectivity index is 1.91. The van der Waals surface area contributed by atoms with Crippen LogP contribution in [0.4, 0.5) is 17.1 Å². The number of halogens is 1. The van der Waals surface area contributed by atoms with E-state index in [1.165, 1.54) is 16.8 Å². The Morgan fingerprint density at radius 2 is 2.00 bits per heavy atom. The van der Waals surface area contributed by atoms with Crippen LogP contribution >= 0.6 is 15.9 Å². The molecule has 1 unspecified atom stereocenters. The molecule has 0 bridgehead atoms. The molecular weight excluding hydrogens is 326 g/mol. The summed E-state index contributed by atoms with van der Waals surface area (Å²) in [6.07, 6.45) is 2.20. The van der Waals surface area contributed by atoms with Crippen LogP contribution in [0.3, 0.4) is 0 Å². The lowest BCUT2D eigenvalue weighted by Gasteiger charge is -2.22. The largest absolute Gasteiger partial charge is 0.399 e. The van der Waals surface area contributed by atoms with Crippen LogP contribution < -0.4 is 16.0 Å². The molecule has 21 heavy (non-hydrogen) atoms. The number of anilines is 3. The van der Waals surface area contributed by atoms with Crippen LogP contribution in [0, 0.1) is 0 Å². The SMILES string of the molecule is CN(C)c1ccc(Br)cc1NC1CCc2cc(N)ccc21. The summed E-state index contributed by atoms with van der Waals surface area (Å²) in [6, 6.07) is 13.0. The summed E-state index contributed by atoms with van der Waals surface area (Å²) in [5, 5.41) is 3.69. The van der Waals surface area contributed by atoms with Crippen molar-refractivity contribution in [2.24, 2.45) is 0 Å². The fourth-order valence-electron chi connectivity index (χ4n) is 2.99. The number of fused-ring (bicyclic) bond motifs is 1. The molecule has 0 saturated carbocycles. The maximum Gasteiger partial charge on any atom is 0.0597 e. The number of benzene rings is 2. The average Bonchev–Trinajstić information content (AvgIpc) is 2.81. The van der Waals surface area contributed by atoms with Crippen molar-refractivity contribution in [2.45, 2.75) is 18.9 Å². The first-order valence-corrected chi connectivity index (χ1v) is 7.95. The van der Waals surface area contributed by atoms with Gasteiger partial charge in [-0.1, -0.05) is 22.0 Å². The van der Waals surface area contributed by atoms with E-state index in [-0.39, 0.29) is 0 Å². The summed E-state index contributed by atoms with van der Waals surface area (Å²) in [6.45, 7) is 0. The lowest BCUT2D eigenvalue weighted by Crippen LogP contribution is -2.14. The van der Waals surface area contributed by atoms with Crippen molar-refractivity contribution in [2.75, 3.05) is 30.0 Å². The van der Waals surface area contributed by atoms with Crippen LogP contribution in [-0.2, 0) is 6.42 Å². The fourth-order valence-corrected chi connectivity index (χ4v) is 3.35. The molecule has 1 aliphatic carbocycles. The van der Waals surface area contributed by atoms with Gasteiger partial charge in [-0.25, -0.2) is 0 Å². The van der Waals surface area contributed by atoms with Crippen molar-refractivity contribution in [1.29, 1.82) is 0 Å². The number of nitrogens with zero attached hydrogens (tertiary/aromatic N) is 1. The van der Waals surface area contributed by atoms with E-state index in [0.717, 1.165) is 28.7 Å². The summed E-state index contributed by atoms with van der Waals surface area (Å²) >= 11 is 3.56. The van der Waals surface area contributed by atoms with E-state index in [2.05, 4.69) is 70.6 Å². The summed E-state index contributed by atoms with van der Waals surface area (Å²) in [5.41, 5.74) is 11.8. The average molecular weight is 346 g/mol. The lowest BCUT2D eigenvalue weighted by molar-refractivity contribution is 0.761.